The summed E-state index contributed by atoms with van der Waals surface area (Å²) in [5.41, 5.74) is 2.09. The number of carbonyl (C=O) groups is 2. The Bertz CT molecular complexity index is 714. The maximum Gasteiger partial charge on any atom is 0.251 e. The van der Waals surface area contributed by atoms with Crippen molar-refractivity contribution in [3.05, 3.63) is 70.2 Å². The first-order valence-corrected chi connectivity index (χ1v) is 8.89. The van der Waals surface area contributed by atoms with Gasteiger partial charge in [0.2, 0.25) is 0 Å². The van der Waals surface area contributed by atoms with Crippen molar-refractivity contribution in [1.29, 1.82) is 0 Å². The number of halogens is 1. The number of unbranched alkanes of at least 4 members (excludes halogenated alkanes) is 1. The molecular formula is C20H23ClN2O2. The molecule has 4 nitrogen and oxygen atoms in total. The molecule has 2 aromatic rings. The first-order valence-electron chi connectivity index (χ1n) is 8.51. The van der Waals surface area contributed by atoms with E-state index in [4.69, 9.17) is 11.6 Å². The second kappa shape index (κ2) is 9.84. The van der Waals surface area contributed by atoms with Gasteiger partial charge in [0.15, 0.2) is 0 Å². The first kappa shape index (κ1) is 19.0. The van der Waals surface area contributed by atoms with E-state index in [-0.39, 0.29) is 11.8 Å². The van der Waals surface area contributed by atoms with Gasteiger partial charge in [0.05, 0.1) is 0 Å². The van der Waals surface area contributed by atoms with Gasteiger partial charge in [0, 0.05) is 29.2 Å². The van der Waals surface area contributed by atoms with E-state index >= 15 is 0 Å². The highest BCUT2D eigenvalue weighted by atomic mass is 35.5. The summed E-state index contributed by atoms with van der Waals surface area (Å²) in [6, 6.07) is 14.3. The van der Waals surface area contributed by atoms with Gasteiger partial charge in [-0.3, -0.25) is 9.59 Å². The molecule has 0 saturated carbocycles. The third-order valence-corrected chi connectivity index (χ3v) is 4.07. The number of hydrogen-bond donors (Lipinski definition) is 2. The van der Waals surface area contributed by atoms with E-state index in [0.29, 0.717) is 29.2 Å². The van der Waals surface area contributed by atoms with Gasteiger partial charge in [-0.15, -0.1) is 0 Å². The lowest BCUT2D eigenvalue weighted by atomic mass is 10.1. The van der Waals surface area contributed by atoms with Crippen LogP contribution in [0.2, 0.25) is 5.02 Å². The highest BCUT2D eigenvalue weighted by molar-refractivity contribution is 6.30. The number of hydrogen-bond acceptors (Lipinski definition) is 2. The minimum Gasteiger partial charge on any atom is -0.352 e. The molecule has 2 amide bonds. The van der Waals surface area contributed by atoms with Gasteiger partial charge in [-0.1, -0.05) is 43.1 Å². The number of carbonyl (C=O) groups excluding carboxylic acids is 2. The zero-order chi connectivity index (χ0) is 18.1. The Morgan fingerprint density at radius 1 is 0.920 bits per heavy atom. The maximum atomic E-state index is 12.3. The average molecular weight is 359 g/mol. The van der Waals surface area contributed by atoms with Crippen molar-refractivity contribution >= 4 is 23.4 Å². The molecule has 0 bridgehead atoms. The second-order valence-electron chi connectivity index (χ2n) is 5.82. The van der Waals surface area contributed by atoms with Crippen LogP contribution in [0.3, 0.4) is 0 Å². The smallest absolute Gasteiger partial charge is 0.251 e. The highest BCUT2D eigenvalue weighted by Crippen LogP contribution is 2.10. The van der Waals surface area contributed by atoms with E-state index in [2.05, 4.69) is 17.6 Å². The van der Waals surface area contributed by atoms with Crippen LogP contribution in [0.5, 0.6) is 0 Å². The van der Waals surface area contributed by atoms with Crippen molar-refractivity contribution in [3.63, 3.8) is 0 Å². The summed E-state index contributed by atoms with van der Waals surface area (Å²) in [7, 11) is 0. The maximum absolute atomic E-state index is 12.3. The topological polar surface area (TPSA) is 58.2 Å². The molecule has 0 spiro atoms. The van der Waals surface area contributed by atoms with Crippen LogP contribution in [0.4, 0.5) is 0 Å². The summed E-state index contributed by atoms with van der Waals surface area (Å²) in [5.74, 6) is -0.332. The largest absolute Gasteiger partial charge is 0.352 e. The van der Waals surface area contributed by atoms with Gasteiger partial charge >= 0.3 is 0 Å². The Balaban J connectivity index is 1.87. The Labute approximate surface area is 153 Å². The van der Waals surface area contributed by atoms with Crippen LogP contribution in [0.1, 0.15) is 46.0 Å². The Kier molecular flexibility index (Phi) is 7.48. The molecule has 5 heteroatoms. The fourth-order valence-corrected chi connectivity index (χ4v) is 2.48. The molecule has 2 aromatic carbocycles. The van der Waals surface area contributed by atoms with Crippen molar-refractivity contribution < 1.29 is 9.59 Å². The molecule has 0 unspecified atom stereocenters. The van der Waals surface area contributed by atoms with E-state index in [9.17, 15) is 9.59 Å². The van der Waals surface area contributed by atoms with Crippen LogP contribution in [0, 0.1) is 0 Å². The standard InChI is InChI=1S/C20H23ClN2O2/c1-2-3-12-22-19(24)16-5-4-6-17(14-16)20(25)23-13-11-15-7-9-18(21)10-8-15/h4-10,14H,2-3,11-13H2,1H3,(H,22,24)(H,23,25). The van der Waals surface area contributed by atoms with Crippen molar-refractivity contribution in [2.24, 2.45) is 0 Å². The predicted octanol–water partition coefficient (Wildman–Crippen LogP) is 3.84. The molecule has 0 saturated heterocycles. The van der Waals surface area contributed by atoms with E-state index in [1.165, 1.54) is 0 Å². The van der Waals surface area contributed by atoms with Gasteiger partial charge in [-0.2, -0.15) is 0 Å². The normalized spacial score (nSPS) is 10.3. The summed E-state index contributed by atoms with van der Waals surface area (Å²) in [6.45, 7) is 3.24. The van der Waals surface area contributed by atoms with Gasteiger partial charge in [0.25, 0.3) is 11.8 Å². The van der Waals surface area contributed by atoms with Crippen molar-refractivity contribution in [2.75, 3.05) is 13.1 Å². The Hall–Kier alpha value is -2.33. The highest BCUT2D eigenvalue weighted by Gasteiger charge is 2.10. The minimum absolute atomic E-state index is 0.149. The Morgan fingerprint density at radius 2 is 1.52 bits per heavy atom. The Morgan fingerprint density at radius 3 is 2.12 bits per heavy atom. The lowest BCUT2D eigenvalue weighted by Gasteiger charge is -2.08. The summed E-state index contributed by atoms with van der Waals surface area (Å²) in [5, 5.41) is 6.43. The molecule has 0 radical (unpaired) electrons. The number of nitrogens with one attached hydrogen (secondary N) is 2. The number of benzene rings is 2. The number of amides is 2. The van der Waals surface area contributed by atoms with E-state index in [0.717, 1.165) is 24.8 Å². The van der Waals surface area contributed by atoms with Crippen LogP contribution < -0.4 is 10.6 Å². The third-order valence-electron chi connectivity index (χ3n) is 3.82. The van der Waals surface area contributed by atoms with Gasteiger partial charge in [-0.05, 0) is 48.7 Å². The van der Waals surface area contributed by atoms with Crippen LogP contribution in [0.25, 0.3) is 0 Å². The van der Waals surface area contributed by atoms with Crippen LogP contribution in [0.15, 0.2) is 48.5 Å². The molecule has 0 aliphatic heterocycles. The molecule has 2 rings (SSSR count). The summed E-state index contributed by atoms with van der Waals surface area (Å²) in [6.07, 6.45) is 2.69. The van der Waals surface area contributed by atoms with E-state index in [1.54, 1.807) is 24.3 Å². The third kappa shape index (κ3) is 6.24. The lowest BCUT2D eigenvalue weighted by Crippen LogP contribution is -2.27. The molecule has 0 heterocycles. The van der Waals surface area contributed by atoms with E-state index < -0.39 is 0 Å². The SMILES string of the molecule is CCCCNC(=O)c1cccc(C(=O)NCCc2ccc(Cl)cc2)c1. The number of rotatable bonds is 8. The van der Waals surface area contributed by atoms with Gasteiger partial charge in [-0.25, -0.2) is 0 Å². The van der Waals surface area contributed by atoms with Gasteiger partial charge in [0.1, 0.15) is 0 Å². The molecule has 132 valence electrons. The summed E-state index contributed by atoms with van der Waals surface area (Å²) in [4.78, 5) is 24.3. The summed E-state index contributed by atoms with van der Waals surface area (Å²) >= 11 is 5.85. The van der Waals surface area contributed by atoms with Crippen molar-refractivity contribution in [2.45, 2.75) is 26.2 Å². The molecular weight excluding hydrogens is 336 g/mol. The molecule has 0 atom stereocenters. The monoisotopic (exact) mass is 358 g/mol. The van der Waals surface area contributed by atoms with Crippen LogP contribution in [-0.2, 0) is 6.42 Å². The molecule has 0 aromatic heterocycles. The van der Waals surface area contributed by atoms with Crippen LogP contribution >= 0.6 is 11.6 Å². The molecule has 0 aliphatic rings. The first-order chi connectivity index (χ1) is 12.1. The van der Waals surface area contributed by atoms with Crippen molar-refractivity contribution in [3.8, 4) is 0 Å². The van der Waals surface area contributed by atoms with Gasteiger partial charge < -0.3 is 10.6 Å². The second-order valence-corrected chi connectivity index (χ2v) is 6.26. The fraction of sp³-hybridized carbons (Fsp3) is 0.300. The van der Waals surface area contributed by atoms with Crippen molar-refractivity contribution in [1.82, 2.24) is 10.6 Å². The molecule has 25 heavy (non-hydrogen) atoms. The fourth-order valence-electron chi connectivity index (χ4n) is 2.36. The molecule has 2 N–H and O–H groups in total. The predicted molar refractivity (Wildman–Crippen MR) is 101 cm³/mol. The average Bonchev–Trinajstić information content (AvgIpc) is 2.63. The lowest BCUT2D eigenvalue weighted by molar-refractivity contribution is 0.0952. The minimum atomic E-state index is -0.183. The van der Waals surface area contributed by atoms with Crippen LogP contribution in [-0.4, -0.2) is 24.9 Å². The molecule has 0 aliphatic carbocycles. The quantitative estimate of drug-likeness (QED) is 0.704. The zero-order valence-electron chi connectivity index (χ0n) is 14.3. The molecule has 0 fully saturated rings. The zero-order valence-corrected chi connectivity index (χ0v) is 15.1. The summed E-state index contributed by atoms with van der Waals surface area (Å²) < 4.78 is 0. The van der Waals surface area contributed by atoms with E-state index in [1.807, 2.05) is 24.3 Å².